The van der Waals surface area contributed by atoms with Crippen LogP contribution in [0.3, 0.4) is 0 Å². The molecule has 1 aromatic carbocycles. The maximum atomic E-state index is 12.2. The van der Waals surface area contributed by atoms with Crippen molar-refractivity contribution in [3.8, 4) is 22.6 Å². The minimum atomic E-state index is 0.0641. The fourth-order valence-corrected chi connectivity index (χ4v) is 5.11. The molecule has 9 nitrogen and oxygen atoms in total. The van der Waals surface area contributed by atoms with Gasteiger partial charge in [0.1, 0.15) is 5.69 Å². The smallest absolute Gasteiger partial charge is 0.227 e. The first-order valence-electron chi connectivity index (χ1n) is 12.8. The van der Waals surface area contributed by atoms with Crippen LogP contribution in [0.2, 0.25) is 0 Å². The number of rotatable bonds is 5. The molecule has 0 radical (unpaired) electrons. The fraction of sp³-hybridized carbons (Fsp3) is 0.286. The van der Waals surface area contributed by atoms with Gasteiger partial charge in [-0.3, -0.25) is 19.9 Å². The molecule has 37 heavy (non-hydrogen) atoms. The SMILES string of the molecule is CN1CCN(c2cccc3[nH]c(-c4n[nH]c5cnc(-c6cncc(NC(=O)C7CC7)c6)cc45)cc23)CC1. The first-order valence-corrected chi connectivity index (χ1v) is 12.8. The number of piperazine rings is 1. The van der Waals surface area contributed by atoms with E-state index in [2.05, 4.69) is 71.6 Å². The number of hydrogen-bond acceptors (Lipinski definition) is 6. The van der Waals surface area contributed by atoms with Crippen molar-refractivity contribution < 1.29 is 4.79 Å². The molecular weight excluding hydrogens is 464 g/mol. The molecule has 7 rings (SSSR count). The van der Waals surface area contributed by atoms with Crippen LogP contribution in [-0.4, -0.2) is 69.2 Å². The summed E-state index contributed by atoms with van der Waals surface area (Å²) in [5, 5.41) is 12.9. The van der Waals surface area contributed by atoms with Gasteiger partial charge in [-0.05, 0) is 50.2 Å². The zero-order chi connectivity index (χ0) is 24.9. The van der Waals surface area contributed by atoms with E-state index in [0.29, 0.717) is 5.69 Å². The highest BCUT2D eigenvalue weighted by atomic mass is 16.2. The van der Waals surface area contributed by atoms with Crippen molar-refractivity contribution in [3.63, 3.8) is 0 Å². The van der Waals surface area contributed by atoms with Gasteiger partial charge in [-0.1, -0.05) is 6.07 Å². The summed E-state index contributed by atoms with van der Waals surface area (Å²) in [5.74, 6) is 0.203. The van der Waals surface area contributed by atoms with E-state index in [1.54, 1.807) is 18.6 Å². The molecule has 5 heterocycles. The van der Waals surface area contributed by atoms with Gasteiger partial charge >= 0.3 is 0 Å². The molecule has 2 fully saturated rings. The summed E-state index contributed by atoms with van der Waals surface area (Å²) in [6.07, 6.45) is 7.17. The number of nitrogens with one attached hydrogen (secondary N) is 3. The lowest BCUT2D eigenvalue weighted by atomic mass is 10.1. The highest BCUT2D eigenvalue weighted by Gasteiger charge is 2.29. The standard InChI is InChI=1S/C28H28N8O/c1-35-7-9-36(10-8-35)26-4-2-3-22-20(26)12-24(32-22)27-21-13-23(30-16-25(21)33-34-27)18-11-19(15-29-14-18)31-28(37)17-5-6-17/h2-4,11-17,32H,5-10H2,1H3,(H,31,37)(H,33,34). The Morgan fingerprint density at radius 3 is 2.70 bits per heavy atom. The number of likely N-dealkylation sites (N-methyl/N-ethyl adjacent to an activating group) is 1. The number of H-pyrrole nitrogens is 2. The van der Waals surface area contributed by atoms with E-state index in [-0.39, 0.29) is 11.8 Å². The molecule has 1 amide bonds. The molecule has 1 saturated heterocycles. The van der Waals surface area contributed by atoms with Crippen molar-refractivity contribution >= 4 is 39.1 Å². The van der Waals surface area contributed by atoms with Crippen molar-refractivity contribution in [3.05, 3.63) is 55.0 Å². The highest BCUT2D eigenvalue weighted by Crippen LogP contribution is 2.35. The summed E-state index contributed by atoms with van der Waals surface area (Å²) in [6, 6.07) is 12.6. The third kappa shape index (κ3) is 4.11. The van der Waals surface area contributed by atoms with E-state index in [4.69, 9.17) is 0 Å². The number of carbonyl (C=O) groups excluding carboxylic acids is 1. The number of benzene rings is 1. The van der Waals surface area contributed by atoms with Gasteiger partial charge in [0.25, 0.3) is 0 Å². The minimum absolute atomic E-state index is 0.0641. The second-order valence-electron chi connectivity index (χ2n) is 10.1. The Balaban J connectivity index is 1.24. The second-order valence-corrected chi connectivity index (χ2v) is 10.1. The van der Waals surface area contributed by atoms with Crippen LogP contribution in [0.4, 0.5) is 11.4 Å². The van der Waals surface area contributed by atoms with Crippen LogP contribution in [0.15, 0.2) is 55.0 Å². The molecule has 0 unspecified atom stereocenters. The third-order valence-electron chi connectivity index (χ3n) is 7.44. The monoisotopic (exact) mass is 492 g/mol. The van der Waals surface area contributed by atoms with E-state index in [1.807, 2.05) is 12.1 Å². The van der Waals surface area contributed by atoms with Crippen LogP contribution < -0.4 is 10.2 Å². The van der Waals surface area contributed by atoms with Crippen LogP contribution >= 0.6 is 0 Å². The average molecular weight is 493 g/mol. The lowest BCUT2D eigenvalue weighted by Crippen LogP contribution is -2.44. The van der Waals surface area contributed by atoms with Gasteiger partial charge in [0.15, 0.2) is 0 Å². The number of pyridine rings is 2. The first-order chi connectivity index (χ1) is 18.1. The molecule has 2 aliphatic rings. The first kappa shape index (κ1) is 22.0. The minimum Gasteiger partial charge on any atom is -0.368 e. The number of aromatic amines is 2. The quantitative estimate of drug-likeness (QED) is 0.338. The molecule has 9 heteroatoms. The lowest BCUT2D eigenvalue weighted by molar-refractivity contribution is -0.117. The Bertz CT molecular complexity index is 1620. The zero-order valence-corrected chi connectivity index (χ0v) is 20.7. The number of anilines is 2. The maximum Gasteiger partial charge on any atom is 0.227 e. The molecule has 5 aromatic rings. The summed E-state index contributed by atoms with van der Waals surface area (Å²) in [5.41, 5.74) is 7.34. The average Bonchev–Trinajstić information content (AvgIpc) is 3.55. The topological polar surface area (TPSA) is 106 Å². The van der Waals surface area contributed by atoms with Crippen LogP contribution in [0.25, 0.3) is 44.5 Å². The van der Waals surface area contributed by atoms with Gasteiger partial charge in [0.2, 0.25) is 5.91 Å². The molecule has 4 aromatic heterocycles. The summed E-state index contributed by atoms with van der Waals surface area (Å²) in [6.45, 7) is 4.16. The van der Waals surface area contributed by atoms with Gasteiger partial charge in [0.05, 0.1) is 35.0 Å². The lowest BCUT2D eigenvalue weighted by Gasteiger charge is -2.34. The molecule has 1 aliphatic carbocycles. The molecule has 0 spiro atoms. The largest absolute Gasteiger partial charge is 0.368 e. The Hall–Kier alpha value is -4.24. The zero-order valence-electron chi connectivity index (χ0n) is 20.7. The Morgan fingerprint density at radius 2 is 1.86 bits per heavy atom. The number of aromatic nitrogens is 5. The van der Waals surface area contributed by atoms with E-state index >= 15 is 0 Å². The summed E-state index contributed by atoms with van der Waals surface area (Å²) in [7, 11) is 2.18. The van der Waals surface area contributed by atoms with Gasteiger partial charge in [-0.25, -0.2) is 0 Å². The van der Waals surface area contributed by atoms with Gasteiger partial charge in [-0.2, -0.15) is 5.10 Å². The number of nitrogens with zero attached hydrogens (tertiary/aromatic N) is 5. The Labute approximate surface area is 213 Å². The molecule has 0 atom stereocenters. The maximum absolute atomic E-state index is 12.2. The number of carbonyl (C=O) groups is 1. The van der Waals surface area contributed by atoms with Crippen molar-refractivity contribution in [2.75, 3.05) is 43.4 Å². The molecule has 1 aliphatic heterocycles. The summed E-state index contributed by atoms with van der Waals surface area (Å²) >= 11 is 0. The van der Waals surface area contributed by atoms with Crippen LogP contribution in [0, 0.1) is 5.92 Å². The van der Waals surface area contributed by atoms with E-state index < -0.39 is 0 Å². The number of fused-ring (bicyclic) bond motifs is 2. The Kier molecular flexibility index (Phi) is 5.17. The van der Waals surface area contributed by atoms with E-state index in [1.165, 1.54) is 11.1 Å². The van der Waals surface area contributed by atoms with Crippen LogP contribution in [-0.2, 0) is 4.79 Å². The number of hydrogen-bond donors (Lipinski definition) is 3. The van der Waals surface area contributed by atoms with Crippen molar-refractivity contribution in [2.24, 2.45) is 5.92 Å². The molecule has 0 bridgehead atoms. The summed E-state index contributed by atoms with van der Waals surface area (Å²) < 4.78 is 0. The van der Waals surface area contributed by atoms with Crippen LogP contribution in [0.5, 0.6) is 0 Å². The predicted molar refractivity (Wildman–Crippen MR) is 145 cm³/mol. The fourth-order valence-electron chi connectivity index (χ4n) is 5.11. The van der Waals surface area contributed by atoms with Crippen molar-refractivity contribution in [1.82, 2.24) is 30.0 Å². The van der Waals surface area contributed by atoms with Gasteiger partial charge in [0, 0.05) is 65.8 Å². The van der Waals surface area contributed by atoms with Gasteiger partial charge in [-0.15, -0.1) is 0 Å². The molecular formula is C28H28N8O. The molecule has 1 saturated carbocycles. The van der Waals surface area contributed by atoms with E-state index in [0.717, 1.165) is 78.1 Å². The highest BCUT2D eigenvalue weighted by molar-refractivity contribution is 6.00. The number of amides is 1. The van der Waals surface area contributed by atoms with Crippen LogP contribution in [0.1, 0.15) is 12.8 Å². The summed E-state index contributed by atoms with van der Waals surface area (Å²) in [4.78, 5) is 29.6. The van der Waals surface area contributed by atoms with Crippen molar-refractivity contribution in [2.45, 2.75) is 12.8 Å². The Morgan fingerprint density at radius 1 is 1.00 bits per heavy atom. The third-order valence-corrected chi connectivity index (χ3v) is 7.44. The predicted octanol–water partition coefficient (Wildman–Crippen LogP) is 4.27. The normalized spacial score (nSPS) is 16.5. The van der Waals surface area contributed by atoms with Crippen molar-refractivity contribution in [1.29, 1.82) is 0 Å². The molecule has 186 valence electrons. The van der Waals surface area contributed by atoms with E-state index in [9.17, 15) is 4.79 Å². The second kappa shape index (κ2) is 8.70. The van der Waals surface area contributed by atoms with Gasteiger partial charge < -0.3 is 20.1 Å². The molecule has 3 N–H and O–H groups in total.